The lowest BCUT2D eigenvalue weighted by Crippen LogP contribution is -2.30. The summed E-state index contributed by atoms with van der Waals surface area (Å²) in [5, 5.41) is 0. The van der Waals surface area contributed by atoms with Crippen molar-refractivity contribution in [3.8, 4) is 0 Å². The van der Waals surface area contributed by atoms with Gasteiger partial charge in [0.25, 0.3) is 0 Å². The molecule has 0 heterocycles. The highest BCUT2D eigenvalue weighted by molar-refractivity contribution is 5.72. The molecule has 0 spiro atoms. The van der Waals surface area contributed by atoms with Crippen LogP contribution in [0.2, 0.25) is 0 Å². The molecule has 1 unspecified atom stereocenters. The zero-order valence-corrected chi connectivity index (χ0v) is 11.8. The van der Waals surface area contributed by atoms with Gasteiger partial charge in [0.2, 0.25) is 0 Å². The van der Waals surface area contributed by atoms with Crippen molar-refractivity contribution < 1.29 is 32.2 Å². The summed E-state index contributed by atoms with van der Waals surface area (Å²) >= 11 is 0. The maximum absolute atomic E-state index is 12.1. The molecule has 116 valence electrons. The lowest BCUT2D eigenvalue weighted by atomic mass is 10.2. The first-order chi connectivity index (χ1) is 9.12. The minimum absolute atomic E-state index is 0.0356. The van der Waals surface area contributed by atoms with Gasteiger partial charge in [0.1, 0.15) is 6.61 Å². The number of alkyl halides is 3. The molecule has 7 heteroatoms. The summed E-state index contributed by atoms with van der Waals surface area (Å²) in [5.41, 5.74) is 1.00. The molecule has 0 aliphatic carbocycles. The molecule has 0 bridgehead atoms. The van der Waals surface area contributed by atoms with Crippen LogP contribution in [0.1, 0.15) is 40.0 Å². The smallest absolute Gasteiger partial charge is 0.425 e. The van der Waals surface area contributed by atoms with E-state index in [-0.39, 0.29) is 25.9 Å². The van der Waals surface area contributed by atoms with E-state index in [4.69, 9.17) is 4.74 Å². The quantitative estimate of drug-likeness (QED) is 0.535. The summed E-state index contributed by atoms with van der Waals surface area (Å²) in [6, 6.07) is 0. The van der Waals surface area contributed by atoms with E-state index in [2.05, 4.69) is 4.74 Å². The molecule has 0 radical (unpaired) electrons. The van der Waals surface area contributed by atoms with Gasteiger partial charge in [-0.2, -0.15) is 13.2 Å². The van der Waals surface area contributed by atoms with E-state index >= 15 is 0 Å². The van der Waals surface area contributed by atoms with Crippen LogP contribution in [-0.2, 0) is 19.1 Å². The van der Waals surface area contributed by atoms with Crippen molar-refractivity contribution in [1.29, 1.82) is 0 Å². The fraction of sp³-hybridized carbons (Fsp3) is 0.692. The first-order valence-corrected chi connectivity index (χ1v) is 6.18. The third kappa shape index (κ3) is 9.41. The van der Waals surface area contributed by atoms with Gasteiger partial charge in [0.05, 0.1) is 0 Å². The zero-order chi connectivity index (χ0) is 15.8. The van der Waals surface area contributed by atoms with E-state index in [1.165, 1.54) is 0 Å². The van der Waals surface area contributed by atoms with E-state index in [1.807, 2.05) is 13.8 Å². The minimum Gasteiger partial charge on any atom is -0.461 e. The van der Waals surface area contributed by atoms with Gasteiger partial charge < -0.3 is 9.47 Å². The monoisotopic (exact) mass is 296 g/mol. The van der Waals surface area contributed by atoms with Crippen molar-refractivity contribution in [1.82, 2.24) is 0 Å². The number of ether oxygens (including phenoxy) is 2. The number of esters is 2. The van der Waals surface area contributed by atoms with Crippen LogP contribution < -0.4 is 0 Å². The van der Waals surface area contributed by atoms with Gasteiger partial charge in [-0.15, -0.1) is 0 Å². The first kappa shape index (κ1) is 18.5. The minimum atomic E-state index is -4.57. The second kappa shape index (κ2) is 8.60. The van der Waals surface area contributed by atoms with Crippen molar-refractivity contribution in [2.24, 2.45) is 0 Å². The number of carbonyl (C=O) groups is 2. The highest BCUT2D eigenvalue weighted by atomic mass is 19.4. The molecule has 0 aromatic rings. The SMILES string of the molecule is CC(C)=CCOC(=O)CCCC(=O)OC(C)C(F)(F)F. The summed E-state index contributed by atoms with van der Waals surface area (Å²) in [7, 11) is 0. The number of allylic oxidation sites excluding steroid dienone is 1. The fourth-order valence-corrected chi connectivity index (χ4v) is 1.07. The van der Waals surface area contributed by atoms with Crippen LogP contribution in [0.3, 0.4) is 0 Å². The van der Waals surface area contributed by atoms with E-state index in [9.17, 15) is 22.8 Å². The highest BCUT2D eigenvalue weighted by Gasteiger charge is 2.38. The van der Waals surface area contributed by atoms with Crippen LogP contribution in [0.15, 0.2) is 11.6 Å². The van der Waals surface area contributed by atoms with Gasteiger partial charge in [-0.1, -0.05) is 5.57 Å². The van der Waals surface area contributed by atoms with Gasteiger partial charge in [-0.25, -0.2) is 0 Å². The highest BCUT2D eigenvalue weighted by Crippen LogP contribution is 2.22. The van der Waals surface area contributed by atoms with Crippen molar-refractivity contribution in [3.05, 3.63) is 11.6 Å². The molecule has 0 N–H and O–H groups in total. The maximum atomic E-state index is 12.1. The van der Waals surface area contributed by atoms with Gasteiger partial charge in [-0.3, -0.25) is 9.59 Å². The third-order valence-corrected chi connectivity index (χ3v) is 2.27. The van der Waals surface area contributed by atoms with Crippen LogP contribution in [0.4, 0.5) is 13.2 Å². The van der Waals surface area contributed by atoms with E-state index in [1.54, 1.807) is 6.08 Å². The lowest BCUT2D eigenvalue weighted by Gasteiger charge is -2.16. The van der Waals surface area contributed by atoms with Crippen LogP contribution >= 0.6 is 0 Å². The Balaban J connectivity index is 3.81. The van der Waals surface area contributed by atoms with E-state index in [0.717, 1.165) is 12.5 Å². The first-order valence-electron chi connectivity index (χ1n) is 6.18. The fourth-order valence-electron chi connectivity index (χ4n) is 1.07. The number of carbonyl (C=O) groups excluding carboxylic acids is 2. The van der Waals surface area contributed by atoms with Crippen LogP contribution in [0.25, 0.3) is 0 Å². The largest absolute Gasteiger partial charge is 0.461 e. The molecule has 0 aliphatic heterocycles. The molecule has 1 atom stereocenters. The molecule has 0 saturated heterocycles. The zero-order valence-electron chi connectivity index (χ0n) is 11.8. The van der Waals surface area contributed by atoms with Gasteiger partial charge in [-0.05, 0) is 33.3 Å². The number of hydrogen-bond donors (Lipinski definition) is 0. The molecule has 0 amide bonds. The van der Waals surface area contributed by atoms with Crippen molar-refractivity contribution >= 4 is 11.9 Å². The maximum Gasteiger partial charge on any atom is 0.425 e. The molecular weight excluding hydrogens is 277 g/mol. The van der Waals surface area contributed by atoms with Gasteiger partial charge in [0.15, 0.2) is 6.10 Å². The summed E-state index contributed by atoms with van der Waals surface area (Å²) in [4.78, 5) is 22.3. The van der Waals surface area contributed by atoms with Crippen LogP contribution in [0.5, 0.6) is 0 Å². The predicted octanol–water partition coefficient (Wildman–Crippen LogP) is 3.16. The standard InChI is InChI=1S/C13H19F3O4/c1-9(2)7-8-19-11(17)5-4-6-12(18)20-10(3)13(14,15)16/h7,10H,4-6,8H2,1-3H3. The Labute approximate surface area is 115 Å². The normalized spacial score (nSPS) is 12.5. The number of hydrogen-bond acceptors (Lipinski definition) is 4. The Morgan fingerprint density at radius 1 is 1.15 bits per heavy atom. The Morgan fingerprint density at radius 2 is 1.70 bits per heavy atom. The molecule has 0 saturated carbocycles. The van der Waals surface area contributed by atoms with E-state index in [0.29, 0.717) is 0 Å². The lowest BCUT2D eigenvalue weighted by molar-refractivity contribution is -0.216. The van der Waals surface area contributed by atoms with Crippen molar-refractivity contribution in [3.63, 3.8) is 0 Å². The molecule has 0 fully saturated rings. The molecule has 0 rings (SSSR count). The number of halogens is 3. The van der Waals surface area contributed by atoms with Crippen molar-refractivity contribution in [2.45, 2.75) is 52.3 Å². The van der Waals surface area contributed by atoms with E-state index < -0.39 is 24.2 Å². The predicted molar refractivity (Wildman–Crippen MR) is 65.9 cm³/mol. The average molecular weight is 296 g/mol. The molecule has 0 aromatic heterocycles. The third-order valence-electron chi connectivity index (χ3n) is 2.27. The van der Waals surface area contributed by atoms with Crippen LogP contribution in [0, 0.1) is 0 Å². The topological polar surface area (TPSA) is 52.6 Å². The Bertz CT molecular complexity index is 357. The summed E-state index contributed by atoms with van der Waals surface area (Å²) in [5.74, 6) is -1.48. The molecule has 4 nitrogen and oxygen atoms in total. The second-order valence-electron chi connectivity index (χ2n) is 4.49. The summed E-state index contributed by atoms with van der Waals surface area (Å²) < 4.78 is 45.3. The Hall–Kier alpha value is -1.53. The van der Waals surface area contributed by atoms with Crippen LogP contribution in [-0.4, -0.2) is 30.8 Å². The number of rotatable bonds is 7. The Kier molecular flexibility index (Phi) is 7.94. The Morgan fingerprint density at radius 3 is 2.20 bits per heavy atom. The average Bonchev–Trinajstić information content (AvgIpc) is 2.26. The molecule has 0 aromatic carbocycles. The molecular formula is C13H19F3O4. The second-order valence-corrected chi connectivity index (χ2v) is 4.49. The van der Waals surface area contributed by atoms with Crippen molar-refractivity contribution in [2.75, 3.05) is 6.61 Å². The molecule has 0 aliphatic rings. The molecule has 20 heavy (non-hydrogen) atoms. The van der Waals surface area contributed by atoms with Gasteiger partial charge >= 0.3 is 18.1 Å². The van der Waals surface area contributed by atoms with Gasteiger partial charge in [0, 0.05) is 12.8 Å². The summed E-state index contributed by atoms with van der Waals surface area (Å²) in [6.07, 6.45) is -5.18. The summed E-state index contributed by atoms with van der Waals surface area (Å²) in [6.45, 7) is 4.61.